The Hall–Kier alpha value is -7.63. The van der Waals surface area contributed by atoms with Gasteiger partial charge < -0.3 is 9.47 Å². The Labute approximate surface area is 376 Å². The predicted molar refractivity (Wildman–Crippen MR) is 257 cm³/mol. The largest absolute Gasteiger partial charge is 0.443 e. The summed E-state index contributed by atoms with van der Waals surface area (Å²) in [6.07, 6.45) is 0. The van der Waals surface area contributed by atoms with Crippen LogP contribution in [0.2, 0.25) is 0 Å². The Bertz CT molecular complexity index is 2520. The molecule has 0 aromatic heterocycles. The number of carbonyl (C=O) groups excluding carboxylic acids is 1. The topological polar surface area (TPSA) is 47.6 Å². The van der Waals surface area contributed by atoms with Gasteiger partial charge in [-0.3, -0.25) is 10.1 Å². The average molecular weight is 832 g/mol. The maximum absolute atomic E-state index is 16.2. The van der Waals surface area contributed by atoms with Crippen LogP contribution >= 0.6 is 0 Å². The third-order valence-electron chi connectivity index (χ3n) is 12.1. The quantitative estimate of drug-likeness (QED) is 0.0778. The molecule has 9 aromatic carbocycles. The van der Waals surface area contributed by atoms with Gasteiger partial charge in [0.25, 0.3) is 0 Å². The predicted octanol–water partition coefficient (Wildman–Crippen LogP) is 12.5. The van der Waals surface area contributed by atoms with Gasteiger partial charge in [-0.1, -0.05) is 273 Å². The highest BCUT2D eigenvalue weighted by atomic mass is 16.6. The van der Waals surface area contributed by atoms with Crippen molar-refractivity contribution in [1.82, 2.24) is 5.32 Å². The minimum Gasteiger partial charge on any atom is -0.443 e. The molecule has 0 spiro atoms. The van der Waals surface area contributed by atoms with Crippen molar-refractivity contribution in [3.05, 3.63) is 323 Å². The van der Waals surface area contributed by atoms with Crippen LogP contribution in [0.25, 0.3) is 0 Å². The molecule has 4 nitrogen and oxygen atoms in total. The first-order chi connectivity index (χ1) is 31.6. The molecule has 0 aliphatic rings. The highest BCUT2D eigenvalue weighted by molar-refractivity contribution is 5.78. The molecule has 9 aromatic rings. The summed E-state index contributed by atoms with van der Waals surface area (Å²) < 4.78 is 14.9. The first kappa shape index (κ1) is 41.7. The third kappa shape index (κ3) is 8.09. The lowest BCUT2D eigenvalue weighted by Crippen LogP contribution is -2.56. The van der Waals surface area contributed by atoms with Crippen LogP contribution in [0.1, 0.15) is 50.1 Å². The number of ether oxygens (including phenoxy) is 2. The van der Waals surface area contributed by atoms with E-state index >= 15 is 4.79 Å². The van der Waals surface area contributed by atoms with Gasteiger partial charge in [-0.25, -0.2) is 0 Å². The fraction of sp³-hybridized carbons (Fsp3) is 0.0833. The second kappa shape index (κ2) is 19.2. The molecule has 9 rings (SSSR count). The van der Waals surface area contributed by atoms with Crippen LogP contribution in [0.15, 0.2) is 273 Å². The van der Waals surface area contributed by atoms with E-state index in [-0.39, 0.29) is 6.61 Å². The smallest absolute Gasteiger partial charge is 0.327 e. The monoisotopic (exact) mass is 831 g/mol. The van der Waals surface area contributed by atoms with Gasteiger partial charge in [-0.05, 0) is 33.4 Å². The lowest BCUT2D eigenvalue weighted by Gasteiger charge is -2.42. The van der Waals surface area contributed by atoms with Gasteiger partial charge in [0.1, 0.15) is 11.6 Å². The lowest BCUT2D eigenvalue weighted by molar-refractivity contribution is -0.159. The van der Waals surface area contributed by atoms with Crippen LogP contribution in [-0.2, 0) is 31.0 Å². The van der Waals surface area contributed by atoms with Gasteiger partial charge in [0.2, 0.25) is 0 Å². The molecule has 0 radical (unpaired) electrons. The van der Waals surface area contributed by atoms with Crippen molar-refractivity contribution in [1.29, 1.82) is 0 Å². The normalized spacial score (nSPS) is 12.2. The van der Waals surface area contributed by atoms with Crippen LogP contribution < -0.4 is 5.32 Å². The fourth-order valence-corrected chi connectivity index (χ4v) is 9.14. The van der Waals surface area contributed by atoms with Gasteiger partial charge in [0.15, 0.2) is 5.60 Å². The summed E-state index contributed by atoms with van der Waals surface area (Å²) in [6.45, 7) is -0.0970. The van der Waals surface area contributed by atoms with Crippen molar-refractivity contribution in [3.8, 4) is 0 Å². The van der Waals surface area contributed by atoms with E-state index in [0.717, 1.165) is 50.1 Å². The number of rotatable bonds is 16. The Morgan fingerprint density at radius 1 is 0.328 bits per heavy atom. The van der Waals surface area contributed by atoms with Crippen molar-refractivity contribution in [2.24, 2.45) is 0 Å². The molecule has 0 aliphatic carbocycles. The molecule has 0 aliphatic heterocycles. The standard InChI is InChI=1S/C60H49NO3/c62-57(64-60(53-40-22-7-23-41-53,54-42-24-8-25-43-54)55-44-26-9-27-45-55)56(61-58(47-28-10-1-11-29-47,48-30-12-2-13-31-48)49-32-14-3-15-33-49)46-63-59(50-34-16-4-17-35-50,51-36-18-5-19-37-51)52-38-20-6-21-39-52/h1-45,56,61H,46H2. The molecule has 0 saturated heterocycles. The number of carbonyl (C=O) groups is 1. The zero-order valence-corrected chi connectivity index (χ0v) is 35.5. The maximum atomic E-state index is 16.2. The van der Waals surface area contributed by atoms with Crippen molar-refractivity contribution in [2.75, 3.05) is 6.61 Å². The van der Waals surface area contributed by atoms with Crippen molar-refractivity contribution in [2.45, 2.75) is 22.8 Å². The van der Waals surface area contributed by atoms with Crippen LogP contribution in [0.3, 0.4) is 0 Å². The zero-order chi connectivity index (χ0) is 43.5. The summed E-state index contributed by atoms with van der Waals surface area (Å²) in [7, 11) is 0. The van der Waals surface area contributed by atoms with Gasteiger partial charge >= 0.3 is 5.97 Å². The van der Waals surface area contributed by atoms with E-state index in [4.69, 9.17) is 9.47 Å². The van der Waals surface area contributed by atoms with Crippen LogP contribution in [0, 0.1) is 0 Å². The van der Waals surface area contributed by atoms with Crippen LogP contribution in [0.4, 0.5) is 0 Å². The van der Waals surface area contributed by atoms with E-state index < -0.39 is 28.8 Å². The highest BCUT2D eigenvalue weighted by Crippen LogP contribution is 2.44. The van der Waals surface area contributed by atoms with Gasteiger partial charge in [0, 0.05) is 16.7 Å². The Balaban J connectivity index is 1.28. The van der Waals surface area contributed by atoms with E-state index in [0.29, 0.717) is 0 Å². The Morgan fingerprint density at radius 3 is 0.797 bits per heavy atom. The van der Waals surface area contributed by atoms with E-state index in [1.165, 1.54) is 0 Å². The first-order valence-corrected chi connectivity index (χ1v) is 21.8. The van der Waals surface area contributed by atoms with Gasteiger partial charge in [-0.2, -0.15) is 0 Å². The highest BCUT2D eigenvalue weighted by Gasteiger charge is 2.47. The van der Waals surface area contributed by atoms with Gasteiger partial charge in [0.05, 0.1) is 12.1 Å². The summed E-state index contributed by atoms with van der Waals surface area (Å²) in [4.78, 5) is 16.2. The van der Waals surface area contributed by atoms with E-state index in [2.05, 4.69) is 78.1 Å². The number of benzene rings is 9. The molecule has 1 atom stereocenters. The summed E-state index contributed by atoms with van der Waals surface area (Å²) in [5, 5.41) is 4.02. The third-order valence-corrected chi connectivity index (χ3v) is 12.1. The molecular formula is C60H49NO3. The SMILES string of the molecule is O=C(OC(c1ccccc1)(c1ccccc1)c1ccccc1)C(COC(c1ccccc1)(c1ccccc1)c1ccccc1)NC(c1ccccc1)(c1ccccc1)c1ccccc1. The van der Waals surface area contributed by atoms with E-state index in [1.807, 2.05) is 200 Å². The molecule has 1 N–H and O–H groups in total. The number of esters is 1. The molecule has 0 fully saturated rings. The summed E-state index contributed by atoms with van der Waals surface area (Å²) in [5.41, 5.74) is 4.53. The molecule has 0 bridgehead atoms. The molecule has 0 amide bonds. The summed E-state index contributed by atoms with van der Waals surface area (Å²) >= 11 is 0. The summed E-state index contributed by atoms with van der Waals surface area (Å²) in [6, 6.07) is 90.7. The Morgan fingerprint density at radius 2 is 0.547 bits per heavy atom. The first-order valence-electron chi connectivity index (χ1n) is 21.8. The fourth-order valence-electron chi connectivity index (χ4n) is 9.14. The van der Waals surface area contributed by atoms with E-state index in [9.17, 15) is 0 Å². The van der Waals surface area contributed by atoms with Crippen molar-refractivity contribution >= 4 is 5.97 Å². The number of hydrogen-bond acceptors (Lipinski definition) is 4. The summed E-state index contributed by atoms with van der Waals surface area (Å²) in [5.74, 6) is -0.494. The zero-order valence-electron chi connectivity index (χ0n) is 35.5. The van der Waals surface area contributed by atoms with Gasteiger partial charge in [-0.15, -0.1) is 0 Å². The van der Waals surface area contributed by atoms with E-state index in [1.54, 1.807) is 0 Å². The molecule has 64 heavy (non-hydrogen) atoms. The van der Waals surface area contributed by atoms with Crippen LogP contribution in [0.5, 0.6) is 0 Å². The number of hydrogen-bond donors (Lipinski definition) is 1. The van der Waals surface area contributed by atoms with Crippen molar-refractivity contribution in [3.63, 3.8) is 0 Å². The molecular weight excluding hydrogens is 783 g/mol. The molecule has 0 heterocycles. The minimum atomic E-state index is -1.34. The van der Waals surface area contributed by atoms with Crippen LogP contribution in [-0.4, -0.2) is 18.6 Å². The lowest BCUT2D eigenvalue weighted by atomic mass is 9.76. The van der Waals surface area contributed by atoms with Crippen molar-refractivity contribution < 1.29 is 14.3 Å². The average Bonchev–Trinajstić information content (AvgIpc) is 3.39. The molecule has 0 saturated carbocycles. The minimum absolute atomic E-state index is 0.0970. The Kier molecular flexibility index (Phi) is 12.5. The second-order valence-corrected chi connectivity index (χ2v) is 15.8. The maximum Gasteiger partial charge on any atom is 0.327 e. The second-order valence-electron chi connectivity index (χ2n) is 15.8. The molecule has 4 heteroatoms. The molecule has 312 valence electrons. The number of nitrogens with one attached hydrogen (secondary N) is 1. The molecule has 1 unspecified atom stereocenters.